The van der Waals surface area contributed by atoms with Gasteiger partial charge in [-0.1, -0.05) is 45.4 Å². The lowest BCUT2D eigenvalue weighted by molar-refractivity contribution is -0.150. The van der Waals surface area contributed by atoms with Crippen molar-refractivity contribution in [2.75, 3.05) is 0 Å². The van der Waals surface area contributed by atoms with Crippen molar-refractivity contribution in [2.45, 2.75) is 118 Å². The quantitative estimate of drug-likeness (QED) is 0.404. The molecule has 3 unspecified atom stereocenters. The van der Waals surface area contributed by atoms with Gasteiger partial charge in [-0.25, -0.2) is 4.79 Å². The van der Waals surface area contributed by atoms with E-state index < -0.39 is 41.1 Å². The number of carbonyl (C=O) groups excluding carboxylic acids is 3. The van der Waals surface area contributed by atoms with Gasteiger partial charge >= 0.3 is 6.09 Å². The van der Waals surface area contributed by atoms with Crippen LogP contribution in [0, 0.1) is 12.8 Å². The number of amides is 3. The summed E-state index contributed by atoms with van der Waals surface area (Å²) >= 11 is 0. The zero-order valence-electron chi connectivity index (χ0n) is 24.0. The number of ether oxygens (including phenoxy) is 1. The first kappa shape index (κ1) is 31.3. The third-order valence-electron chi connectivity index (χ3n) is 6.41. The van der Waals surface area contributed by atoms with Crippen molar-refractivity contribution >= 4 is 17.9 Å². The molecule has 3 amide bonds. The van der Waals surface area contributed by atoms with E-state index in [1.807, 2.05) is 48.5 Å². The standard InChI is InChI=1S/C28H47N3O5/c1-12-18(5)21(30-26(35)36-27(7,8)9)25(34)31(28(10,11)13-2)22(24(33)29-17(3)4)20-16-14-15-19(6)23(20)32/h14-18,21-22,32H,12-13H2,1-11H3,(H,29,33)(H,30,35). The van der Waals surface area contributed by atoms with Crippen molar-refractivity contribution < 1.29 is 24.2 Å². The number of nitrogens with one attached hydrogen (secondary N) is 2. The number of phenolic OH excluding ortho intramolecular Hbond substituents is 1. The summed E-state index contributed by atoms with van der Waals surface area (Å²) in [7, 11) is 0. The maximum absolute atomic E-state index is 14.3. The van der Waals surface area contributed by atoms with Gasteiger partial charge in [0, 0.05) is 17.1 Å². The van der Waals surface area contributed by atoms with E-state index in [0.29, 0.717) is 24.0 Å². The summed E-state index contributed by atoms with van der Waals surface area (Å²) in [5.41, 5.74) is -0.582. The van der Waals surface area contributed by atoms with Crippen molar-refractivity contribution in [3.63, 3.8) is 0 Å². The molecule has 0 saturated heterocycles. The van der Waals surface area contributed by atoms with Crippen molar-refractivity contribution in [2.24, 2.45) is 5.92 Å². The lowest BCUT2D eigenvalue weighted by Gasteiger charge is -2.45. The average molecular weight is 506 g/mol. The van der Waals surface area contributed by atoms with Crippen molar-refractivity contribution in [3.05, 3.63) is 29.3 Å². The summed E-state index contributed by atoms with van der Waals surface area (Å²) in [4.78, 5) is 42.3. The molecular weight excluding hydrogens is 458 g/mol. The van der Waals surface area contributed by atoms with Crippen LogP contribution in [0.5, 0.6) is 5.75 Å². The minimum Gasteiger partial charge on any atom is -0.507 e. The van der Waals surface area contributed by atoms with Gasteiger partial charge in [-0.3, -0.25) is 9.59 Å². The molecule has 3 atom stereocenters. The Kier molecular flexibility index (Phi) is 10.8. The highest BCUT2D eigenvalue weighted by atomic mass is 16.6. The number of aryl methyl sites for hydroxylation is 1. The van der Waals surface area contributed by atoms with Crippen molar-refractivity contribution in [1.29, 1.82) is 0 Å². The van der Waals surface area contributed by atoms with Gasteiger partial charge < -0.3 is 25.4 Å². The van der Waals surface area contributed by atoms with Crippen LogP contribution in [0.15, 0.2) is 18.2 Å². The smallest absolute Gasteiger partial charge is 0.408 e. The van der Waals surface area contributed by atoms with E-state index in [2.05, 4.69) is 10.6 Å². The van der Waals surface area contributed by atoms with Gasteiger partial charge in [-0.15, -0.1) is 0 Å². The number of carbonyl (C=O) groups is 3. The topological polar surface area (TPSA) is 108 Å². The first-order chi connectivity index (χ1) is 16.5. The molecule has 204 valence electrons. The van der Waals surface area contributed by atoms with Crippen LogP contribution in [-0.4, -0.2) is 51.1 Å². The fourth-order valence-corrected chi connectivity index (χ4v) is 3.88. The Hall–Kier alpha value is -2.77. The lowest BCUT2D eigenvalue weighted by atomic mass is 9.88. The van der Waals surface area contributed by atoms with Gasteiger partial charge in [0.25, 0.3) is 0 Å². The Balaban J connectivity index is 3.76. The van der Waals surface area contributed by atoms with Gasteiger partial charge in [0.1, 0.15) is 23.4 Å². The largest absolute Gasteiger partial charge is 0.507 e. The predicted octanol–water partition coefficient (Wildman–Crippen LogP) is 5.22. The fraction of sp³-hybridized carbons (Fsp3) is 0.679. The summed E-state index contributed by atoms with van der Waals surface area (Å²) in [5, 5.41) is 16.7. The average Bonchev–Trinajstić information content (AvgIpc) is 2.75. The zero-order chi connectivity index (χ0) is 28.0. The molecule has 1 aromatic rings. The number of alkyl carbamates (subject to hydrolysis) is 1. The van der Waals surface area contributed by atoms with Gasteiger partial charge in [-0.05, 0) is 73.3 Å². The lowest BCUT2D eigenvalue weighted by Crippen LogP contribution is -2.61. The number of para-hydroxylation sites is 1. The Morgan fingerprint density at radius 1 is 1.03 bits per heavy atom. The van der Waals surface area contributed by atoms with Crippen LogP contribution in [0.2, 0.25) is 0 Å². The van der Waals surface area contributed by atoms with Crippen LogP contribution in [0.4, 0.5) is 4.79 Å². The number of rotatable bonds is 10. The molecule has 3 N–H and O–H groups in total. The molecule has 0 spiro atoms. The molecular formula is C28H47N3O5. The molecule has 0 heterocycles. The SMILES string of the molecule is CCC(C)C(NC(=O)OC(C)(C)C)C(=O)N(C(C(=O)NC(C)C)c1cccc(C)c1O)C(C)(C)CC. The maximum Gasteiger partial charge on any atom is 0.408 e. The van der Waals surface area contributed by atoms with E-state index in [1.54, 1.807) is 45.9 Å². The zero-order valence-corrected chi connectivity index (χ0v) is 24.0. The van der Waals surface area contributed by atoms with Crippen molar-refractivity contribution in [3.8, 4) is 5.75 Å². The van der Waals surface area contributed by atoms with Crippen LogP contribution in [-0.2, 0) is 14.3 Å². The molecule has 0 radical (unpaired) electrons. The number of hydrogen-bond acceptors (Lipinski definition) is 5. The molecule has 0 aliphatic carbocycles. The molecule has 36 heavy (non-hydrogen) atoms. The molecule has 0 fully saturated rings. The van der Waals surface area contributed by atoms with Gasteiger partial charge in [-0.2, -0.15) is 0 Å². The van der Waals surface area contributed by atoms with E-state index in [0.717, 1.165) is 0 Å². The van der Waals surface area contributed by atoms with Crippen LogP contribution in [0.25, 0.3) is 0 Å². The fourth-order valence-electron chi connectivity index (χ4n) is 3.88. The highest BCUT2D eigenvalue weighted by Gasteiger charge is 2.45. The normalized spacial score (nSPS) is 14.6. The van der Waals surface area contributed by atoms with E-state index in [-0.39, 0.29) is 17.7 Å². The number of benzene rings is 1. The Bertz CT molecular complexity index is 920. The van der Waals surface area contributed by atoms with Crippen LogP contribution < -0.4 is 10.6 Å². The monoisotopic (exact) mass is 505 g/mol. The summed E-state index contributed by atoms with van der Waals surface area (Å²) < 4.78 is 5.44. The van der Waals surface area contributed by atoms with Crippen LogP contribution in [0.1, 0.15) is 99.2 Å². The summed E-state index contributed by atoms with van der Waals surface area (Å²) in [6.07, 6.45) is 0.457. The Morgan fingerprint density at radius 3 is 2.08 bits per heavy atom. The summed E-state index contributed by atoms with van der Waals surface area (Å²) in [6.45, 7) is 20.2. The minimum atomic E-state index is -1.11. The molecule has 0 aromatic heterocycles. The molecule has 1 rings (SSSR count). The minimum absolute atomic E-state index is 0.0358. The highest BCUT2D eigenvalue weighted by Crippen LogP contribution is 2.37. The second-order valence-corrected chi connectivity index (χ2v) is 11.5. The van der Waals surface area contributed by atoms with E-state index in [4.69, 9.17) is 4.74 Å². The van der Waals surface area contributed by atoms with Crippen LogP contribution in [0.3, 0.4) is 0 Å². The van der Waals surface area contributed by atoms with E-state index in [9.17, 15) is 19.5 Å². The molecule has 0 bridgehead atoms. The number of aromatic hydroxyl groups is 1. The number of nitrogens with zero attached hydrogens (tertiary/aromatic N) is 1. The second-order valence-electron chi connectivity index (χ2n) is 11.5. The van der Waals surface area contributed by atoms with Gasteiger partial charge in [0.15, 0.2) is 0 Å². The highest BCUT2D eigenvalue weighted by molar-refractivity contribution is 5.93. The molecule has 8 heteroatoms. The van der Waals surface area contributed by atoms with Crippen molar-refractivity contribution in [1.82, 2.24) is 15.5 Å². The first-order valence-corrected chi connectivity index (χ1v) is 12.9. The number of phenols is 1. The summed E-state index contributed by atoms with van der Waals surface area (Å²) in [6, 6.07) is 2.95. The van der Waals surface area contributed by atoms with E-state index in [1.165, 1.54) is 4.90 Å². The summed E-state index contributed by atoms with van der Waals surface area (Å²) in [5.74, 6) is -1.08. The Morgan fingerprint density at radius 2 is 1.61 bits per heavy atom. The predicted molar refractivity (Wildman–Crippen MR) is 143 cm³/mol. The molecule has 0 aliphatic rings. The molecule has 8 nitrogen and oxygen atoms in total. The number of hydrogen-bond donors (Lipinski definition) is 3. The van der Waals surface area contributed by atoms with Gasteiger partial charge in [0.05, 0.1) is 0 Å². The third kappa shape index (κ3) is 8.14. The second kappa shape index (κ2) is 12.5. The van der Waals surface area contributed by atoms with Crippen LogP contribution >= 0.6 is 0 Å². The molecule has 0 aliphatic heterocycles. The Labute approximate surface area is 217 Å². The van der Waals surface area contributed by atoms with Gasteiger partial charge in [0.2, 0.25) is 11.8 Å². The third-order valence-corrected chi connectivity index (χ3v) is 6.41. The first-order valence-electron chi connectivity index (χ1n) is 12.9. The molecule has 0 saturated carbocycles. The van der Waals surface area contributed by atoms with E-state index >= 15 is 0 Å². The molecule has 1 aromatic carbocycles. The maximum atomic E-state index is 14.3.